The Morgan fingerprint density at radius 3 is 2.60 bits per heavy atom. The number of aromatic nitrogens is 2. The Morgan fingerprint density at radius 1 is 1.11 bits per heavy atom. The Balaban J connectivity index is 1.42. The van der Waals surface area contributed by atoms with Crippen molar-refractivity contribution >= 4 is 12.1 Å². The molecule has 3 aromatic rings. The number of benzene rings is 2. The summed E-state index contributed by atoms with van der Waals surface area (Å²) in [4.78, 5) is 24.2. The quantitative estimate of drug-likeness (QED) is 0.472. The lowest BCUT2D eigenvalue weighted by atomic mass is 10.0. The van der Waals surface area contributed by atoms with Crippen molar-refractivity contribution in [3.8, 4) is 0 Å². The van der Waals surface area contributed by atoms with Gasteiger partial charge in [0, 0.05) is 6.20 Å². The number of hydrogen-bond donors (Lipinski definition) is 1. The molecular weight excluding hydrogens is 463 g/mol. The van der Waals surface area contributed by atoms with Crippen LogP contribution in [0.1, 0.15) is 57.7 Å². The van der Waals surface area contributed by atoms with Crippen molar-refractivity contribution in [1.82, 2.24) is 15.1 Å². The highest BCUT2D eigenvalue weighted by Gasteiger charge is 2.39. The topological polar surface area (TPSA) is 82.5 Å². The fourth-order valence-electron chi connectivity index (χ4n) is 4.08. The second-order valence-corrected chi connectivity index (χ2v) is 8.14. The highest BCUT2D eigenvalue weighted by atomic mass is 19.4. The zero-order valence-corrected chi connectivity index (χ0v) is 19.0. The third-order valence-electron chi connectivity index (χ3n) is 5.66. The molecule has 1 aliphatic rings. The Morgan fingerprint density at radius 2 is 1.89 bits per heavy atom. The summed E-state index contributed by atoms with van der Waals surface area (Å²) in [6.07, 6.45) is -2.85. The predicted molar refractivity (Wildman–Crippen MR) is 120 cm³/mol. The minimum Gasteiger partial charge on any atom is -0.462 e. The van der Waals surface area contributed by atoms with Gasteiger partial charge in [-0.2, -0.15) is 18.3 Å². The highest BCUT2D eigenvalue weighted by molar-refractivity contribution is 5.90. The number of nitrogens with zero attached hydrogens (tertiary/aromatic N) is 2. The van der Waals surface area contributed by atoms with Gasteiger partial charge >= 0.3 is 18.2 Å². The number of amides is 1. The van der Waals surface area contributed by atoms with Crippen LogP contribution >= 0.6 is 0 Å². The molecule has 4 rings (SSSR count). The van der Waals surface area contributed by atoms with Crippen molar-refractivity contribution in [2.75, 3.05) is 6.61 Å². The van der Waals surface area contributed by atoms with Crippen molar-refractivity contribution in [2.24, 2.45) is 0 Å². The zero-order valence-electron chi connectivity index (χ0n) is 19.0. The van der Waals surface area contributed by atoms with Crippen molar-refractivity contribution in [2.45, 2.75) is 45.1 Å². The minimum atomic E-state index is -4.78. The van der Waals surface area contributed by atoms with Crippen LogP contribution in [0, 0.1) is 0 Å². The van der Waals surface area contributed by atoms with Crippen molar-refractivity contribution < 1.29 is 32.2 Å². The first kappa shape index (κ1) is 24.3. The monoisotopic (exact) mass is 487 g/mol. The Bertz CT molecular complexity index is 1210. The molecule has 184 valence electrons. The van der Waals surface area contributed by atoms with E-state index in [2.05, 4.69) is 10.4 Å². The normalized spacial score (nSPS) is 14.9. The summed E-state index contributed by atoms with van der Waals surface area (Å²) in [6.45, 7) is 1.70. The summed E-state index contributed by atoms with van der Waals surface area (Å²) in [5.41, 5.74) is 1.66. The van der Waals surface area contributed by atoms with Crippen LogP contribution in [-0.2, 0) is 35.2 Å². The lowest BCUT2D eigenvalue weighted by Crippen LogP contribution is -2.27. The summed E-state index contributed by atoms with van der Waals surface area (Å²) in [5.74, 6) is -1.06. The number of alkyl halides is 3. The molecule has 1 amide bonds. The molecule has 1 aliphatic carbocycles. The zero-order chi connectivity index (χ0) is 25.0. The molecule has 0 aliphatic heterocycles. The Hall–Kier alpha value is -3.82. The summed E-state index contributed by atoms with van der Waals surface area (Å²) < 4.78 is 51.2. The van der Waals surface area contributed by atoms with Gasteiger partial charge in [0.05, 0.1) is 19.2 Å². The van der Waals surface area contributed by atoms with Crippen LogP contribution in [0.3, 0.4) is 0 Å². The predicted octanol–water partition coefficient (Wildman–Crippen LogP) is 5.04. The van der Waals surface area contributed by atoms with Gasteiger partial charge in [-0.05, 0) is 42.0 Å². The largest absolute Gasteiger partial charge is 0.462 e. The van der Waals surface area contributed by atoms with E-state index in [1.807, 2.05) is 42.5 Å². The van der Waals surface area contributed by atoms with Gasteiger partial charge in [0.2, 0.25) is 0 Å². The van der Waals surface area contributed by atoms with Gasteiger partial charge in [-0.15, -0.1) is 0 Å². The number of rotatable bonds is 7. The molecule has 0 spiro atoms. The van der Waals surface area contributed by atoms with Gasteiger partial charge in [-0.25, -0.2) is 9.59 Å². The van der Waals surface area contributed by atoms with E-state index in [9.17, 15) is 22.8 Å². The first-order valence-corrected chi connectivity index (χ1v) is 11.1. The molecule has 0 saturated heterocycles. The van der Waals surface area contributed by atoms with Crippen molar-refractivity contribution in [3.05, 3.63) is 88.2 Å². The summed E-state index contributed by atoms with van der Waals surface area (Å²) in [7, 11) is 0. The SMILES string of the molecule is CCOC(=O)c1cn(Cc2ccc3c(c2)CCC3NC(=O)OCc2ccccc2)nc1C(F)(F)F. The van der Waals surface area contributed by atoms with E-state index in [0.717, 1.165) is 33.1 Å². The Kier molecular flexibility index (Phi) is 7.09. The molecular formula is C25H24F3N3O4. The molecule has 0 bridgehead atoms. The van der Waals surface area contributed by atoms with Crippen molar-refractivity contribution in [3.63, 3.8) is 0 Å². The second-order valence-electron chi connectivity index (χ2n) is 8.14. The summed E-state index contributed by atoms with van der Waals surface area (Å²) >= 11 is 0. The number of aryl methyl sites for hydroxylation is 1. The molecule has 2 aromatic carbocycles. The minimum absolute atomic E-state index is 0.0405. The molecule has 0 saturated carbocycles. The lowest BCUT2D eigenvalue weighted by Gasteiger charge is -2.15. The summed E-state index contributed by atoms with van der Waals surface area (Å²) in [6, 6.07) is 14.6. The van der Waals surface area contributed by atoms with E-state index in [1.165, 1.54) is 6.92 Å². The fraction of sp³-hybridized carbons (Fsp3) is 0.320. The molecule has 0 radical (unpaired) electrons. The van der Waals surface area contributed by atoms with Crippen LogP contribution in [0.4, 0.5) is 18.0 Å². The molecule has 1 atom stereocenters. The number of fused-ring (bicyclic) bond motifs is 1. The van der Waals surface area contributed by atoms with Gasteiger partial charge in [0.1, 0.15) is 12.2 Å². The highest BCUT2D eigenvalue weighted by Crippen LogP contribution is 2.33. The average molecular weight is 487 g/mol. The maximum Gasteiger partial charge on any atom is 0.436 e. The van der Waals surface area contributed by atoms with E-state index in [1.54, 1.807) is 6.07 Å². The number of carbonyl (C=O) groups is 2. The maximum atomic E-state index is 13.4. The fourth-order valence-corrected chi connectivity index (χ4v) is 4.08. The van der Waals surface area contributed by atoms with E-state index < -0.39 is 29.5 Å². The van der Waals surface area contributed by atoms with E-state index >= 15 is 0 Å². The van der Waals surface area contributed by atoms with Gasteiger partial charge in [-0.3, -0.25) is 4.68 Å². The Labute approximate surface area is 199 Å². The molecule has 1 N–H and O–H groups in total. The molecule has 35 heavy (non-hydrogen) atoms. The van der Waals surface area contributed by atoms with Crippen LogP contribution in [0.25, 0.3) is 0 Å². The number of halogens is 3. The van der Waals surface area contributed by atoms with Crippen LogP contribution in [0.2, 0.25) is 0 Å². The van der Waals surface area contributed by atoms with E-state index in [-0.39, 0.29) is 25.8 Å². The number of ether oxygens (including phenoxy) is 2. The molecule has 1 aromatic heterocycles. The molecule has 1 heterocycles. The second kappa shape index (κ2) is 10.2. The average Bonchev–Trinajstić information content (AvgIpc) is 3.43. The number of alkyl carbamates (subject to hydrolysis) is 1. The maximum absolute atomic E-state index is 13.4. The van der Waals surface area contributed by atoms with Gasteiger partial charge in [0.25, 0.3) is 0 Å². The number of carbonyl (C=O) groups excluding carboxylic acids is 2. The number of nitrogens with one attached hydrogen (secondary N) is 1. The molecule has 1 unspecified atom stereocenters. The van der Waals surface area contributed by atoms with Crippen LogP contribution in [-0.4, -0.2) is 28.4 Å². The molecule has 7 nitrogen and oxygen atoms in total. The standard InChI is InChI=1S/C25H24F3N3O4/c1-2-34-23(32)20-14-31(30-22(20)25(26,27)28)13-17-8-10-19-18(12-17)9-11-21(19)29-24(33)35-15-16-6-4-3-5-7-16/h3-8,10,12,14,21H,2,9,11,13,15H2,1H3,(H,29,33). The van der Waals surface area contributed by atoms with Crippen LogP contribution in [0.15, 0.2) is 54.7 Å². The van der Waals surface area contributed by atoms with Crippen LogP contribution in [0.5, 0.6) is 0 Å². The first-order valence-electron chi connectivity index (χ1n) is 11.1. The summed E-state index contributed by atoms with van der Waals surface area (Å²) in [5, 5.41) is 6.46. The molecule has 0 fully saturated rings. The smallest absolute Gasteiger partial charge is 0.436 e. The molecule has 10 heteroatoms. The van der Waals surface area contributed by atoms with E-state index in [4.69, 9.17) is 9.47 Å². The van der Waals surface area contributed by atoms with Gasteiger partial charge < -0.3 is 14.8 Å². The van der Waals surface area contributed by atoms with Gasteiger partial charge in [-0.1, -0.05) is 48.5 Å². The van der Waals surface area contributed by atoms with E-state index in [0.29, 0.717) is 12.8 Å². The third-order valence-corrected chi connectivity index (χ3v) is 5.66. The van der Waals surface area contributed by atoms with Crippen molar-refractivity contribution in [1.29, 1.82) is 0 Å². The number of hydrogen-bond acceptors (Lipinski definition) is 5. The van der Waals surface area contributed by atoms with Gasteiger partial charge in [0.15, 0.2) is 5.69 Å². The number of esters is 1. The third kappa shape index (κ3) is 5.82. The lowest BCUT2D eigenvalue weighted by molar-refractivity contribution is -0.142. The first-order chi connectivity index (χ1) is 16.7. The van der Waals surface area contributed by atoms with Crippen LogP contribution < -0.4 is 5.32 Å².